The van der Waals surface area contributed by atoms with Crippen LogP contribution in [0.15, 0.2) is 12.3 Å². The first-order valence-corrected chi connectivity index (χ1v) is 6.50. The average molecular weight is 265 g/mol. The van der Waals surface area contributed by atoms with Gasteiger partial charge in [0, 0.05) is 12.7 Å². The number of aromatic nitrogens is 2. The standard InChI is InChI=1S/C13H19N3O3/c1-3-6-16(12-4-5-14-9(2)15-12)11-8-19-7-10(11)13(17)18/h4-5,10-11H,3,6-8H2,1-2H3,(H,17,18). The number of nitrogens with zero attached hydrogens (tertiary/aromatic N) is 3. The van der Waals surface area contributed by atoms with E-state index in [1.54, 1.807) is 6.20 Å². The van der Waals surface area contributed by atoms with Crippen LogP contribution in [0.3, 0.4) is 0 Å². The highest BCUT2D eigenvalue weighted by Gasteiger charge is 2.38. The lowest BCUT2D eigenvalue weighted by atomic mass is 10.0. The van der Waals surface area contributed by atoms with E-state index >= 15 is 0 Å². The molecule has 2 rings (SSSR count). The van der Waals surface area contributed by atoms with Gasteiger partial charge in [0.1, 0.15) is 17.6 Å². The highest BCUT2D eigenvalue weighted by molar-refractivity contribution is 5.72. The zero-order chi connectivity index (χ0) is 13.8. The Morgan fingerprint density at radius 1 is 1.58 bits per heavy atom. The Bertz CT molecular complexity index is 453. The van der Waals surface area contributed by atoms with Gasteiger partial charge in [-0.05, 0) is 19.4 Å². The van der Waals surface area contributed by atoms with Crippen LogP contribution in [-0.4, -0.2) is 46.8 Å². The summed E-state index contributed by atoms with van der Waals surface area (Å²) >= 11 is 0. The maximum absolute atomic E-state index is 11.3. The number of hydrogen-bond donors (Lipinski definition) is 1. The Balaban J connectivity index is 2.27. The molecule has 0 saturated carbocycles. The number of ether oxygens (including phenoxy) is 1. The summed E-state index contributed by atoms with van der Waals surface area (Å²) in [4.78, 5) is 21.8. The molecule has 19 heavy (non-hydrogen) atoms. The van der Waals surface area contributed by atoms with Gasteiger partial charge in [0.15, 0.2) is 0 Å². The summed E-state index contributed by atoms with van der Waals surface area (Å²) in [6.07, 6.45) is 2.62. The monoisotopic (exact) mass is 265 g/mol. The lowest BCUT2D eigenvalue weighted by Gasteiger charge is -2.31. The Labute approximate surface area is 112 Å². The molecule has 0 aliphatic carbocycles. The van der Waals surface area contributed by atoms with Gasteiger partial charge in [0.05, 0.1) is 19.3 Å². The van der Waals surface area contributed by atoms with Crippen LogP contribution in [0.25, 0.3) is 0 Å². The molecule has 1 fully saturated rings. The van der Waals surface area contributed by atoms with Gasteiger partial charge in [-0.25, -0.2) is 9.97 Å². The molecule has 0 spiro atoms. The summed E-state index contributed by atoms with van der Waals surface area (Å²) in [5, 5.41) is 9.26. The molecular formula is C13H19N3O3. The SMILES string of the molecule is CCCN(c1ccnc(C)n1)C1COCC1C(=O)O. The summed E-state index contributed by atoms with van der Waals surface area (Å²) in [6, 6.07) is 1.66. The predicted octanol–water partition coefficient (Wildman–Crippen LogP) is 1.10. The van der Waals surface area contributed by atoms with E-state index in [2.05, 4.69) is 16.9 Å². The second-order valence-corrected chi connectivity index (χ2v) is 4.70. The van der Waals surface area contributed by atoms with Gasteiger partial charge in [0.2, 0.25) is 0 Å². The van der Waals surface area contributed by atoms with E-state index in [-0.39, 0.29) is 12.6 Å². The Kier molecular flexibility index (Phi) is 4.31. The molecule has 104 valence electrons. The normalized spacial score (nSPS) is 22.4. The minimum Gasteiger partial charge on any atom is -0.481 e. The molecule has 1 saturated heterocycles. The first-order chi connectivity index (χ1) is 9.13. The number of rotatable bonds is 5. The zero-order valence-corrected chi connectivity index (χ0v) is 11.2. The second kappa shape index (κ2) is 5.97. The number of aliphatic carboxylic acids is 1. The van der Waals surface area contributed by atoms with Crippen LogP contribution < -0.4 is 4.90 Å². The summed E-state index contributed by atoms with van der Waals surface area (Å²) in [5.74, 6) is 0.150. The molecule has 0 bridgehead atoms. The Morgan fingerprint density at radius 3 is 3.00 bits per heavy atom. The van der Waals surface area contributed by atoms with Gasteiger partial charge in [-0.15, -0.1) is 0 Å². The van der Waals surface area contributed by atoms with E-state index in [9.17, 15) is 9.90 Å². The molecule has 0 radical (unpaired) electrons. The lowest BCUT2D eigenvalue weighted by Crippen LogP contribution is -2.44. The first kappa shape index (κ1) is 13.7. The first-order valence-electron chi connectivity index (χ1n) is 6.50. The van der Waals surface area contributed by atoms with E-state index in [4.69, 9.17) is 4.74 Å². The van der Waals surface area contributed by atoms with Crippen molar-refractivity contribution in [3.05, 3.63) is 18.1 Å². The maximum atomic E-state index is 11.3. The Hall–Kier alpha value is -1.69. The molecule has 1 aliphatic rings. The minimum absolute atomic E-state index is 0.160. The number of hydrogen-bond acceptors (Lipinski definition) is 5. The molecule has 1 N–H and O–H groups in total. The smallest absolute Gasteiger partial charge is 0.311 e. The van der Waals surface area contributed by atoms with Crippen LogP contribution in [0.1, 0.15) is 19.2 Å². The third-order valence-corrected chi connectivity index (χ3v) is 3.29. The summed E-state index contributed by atoms with van der Waals surface area (Å²) < 4.78 is 5.34. The third kappa shape index (κ3) is 3.01. The van der Waals surface area contributed by atoms with E-state index in [1.165, 1.54) is 0 Å². The topological polar surface area (TPSA) is 75.5 Å². The molecule has 1 aromatic rings. The van der Waals surface area contributed by atoms with Crippen LogP contribution in [0, 0.1) is 12.8 Å². The fraction of sp³-hybridized carbons (Fsp3) is 0.615. The predicted molar refractivity (Wildman–Crippen MR) is 70.1 cm³/mol. The highest BCUT2D eigenvalue weighted by Crippen LogP contribution is 2.24. The molecule has 1 aliphatic heterocycles. The molecule has 2 unspecified atom stereocenters. The summed E-state index contributed by atoms with van der Waals surface area (Å²) in [5.41, 5.74) is 0. The molecule has 6 heteroatoms. The summed E-state index contributed by atoms with van der Waals surface area (Å²) in [7, 11) is 0. The van der Waals surface area contributed by atoms with Crippen molar-refractivity contribution >= 4 is 11.8 Å². The minimum atomic E-state index is -0.811. The van der Waals surface area contributed by atoms with Crippen molar-refractivity contribution in [2.75, 3.05) is 24.7 Å². The van der Waals surface area contributed by atoms with Gasteiger partial charge in [-0.2, -0.15) is 0 Å². The van der Waals surface area contributed by atoms with E-state index in [0.717, 1.165) is 18.8 Å². The average Bonchev–Trinajstić information content (AvgIpc) is 2.85. The van der Waals surface area contributed by atoms with Gasteiger partial charge < -0.3 is 14.7 Å². The summed E-state index contributed by atoms with van der Waals surface area (Å²) in [6.45, 7) is 5.35. The van der Waals surface area contributed by atoms with Crippen LogP contribution in [0.5, 0.6) is 0 Å². The second-order valence-electron chi connectivity index (χ2n) is 4.70. The van der Waals surface area contributed by atoms with E-state index in [0.29, 0.717) is 12.4 Å². The van der Waals surface area contributed by atoms with E-state index < -0.39 is 11.9 Å². The fourth-order valence-electron chi connectivity index (χ4n) is 2.38. The third-order valence-electron chi connectivity index (χ3n) is 3.29. The van der Waals surface area contributed by atoms with Crippen molar-refractivity contribution < 1.29 is 14.6 Å². The maximum Gasteiger partial charge on any atom is 0.311 e. The van der Waals surface area contributed by atoms with E-state index in [1.807, 2.05) is 17.9 Å². The lowest BCUT2D eigenvalue weighted by molar-refractivity contribution is -0.141. The number of carboxylic acids is 1. The number of anilines is 1. The van der Waals surface area contributed by atoms with Crippen LogP contribution in [-0.2, 0) is 9.53 Å². The molecule has 2 atom stereocenters. The number of carboxylic acid groups (broad SMARTS) is 1. The van der Waals surface area contributed by atoms with Gasteiger partial charge in [0.25, 0.3) is 0 Å². The van der Waals surface area contributed by atoms with Crippen molar-refractivity contribution in [3.63, 3.8) is 0 Å². The molecular weight excluding hydrogens is 246 g/mol. The highest BCUT2D eigenvalue weighted by atomic mass is 16.5. The fourth-order valence-corrected chi connectivity index (χ4v) is 2.38. The Morgan fingerprint density at radius 2 is 2.37 bits per heavy atom. The molecule has 6 nitrogen and oxygen atoms in total. The van der Waals surface area contributed by atoms with Crippen molar-refractivity contribution in [3.8, 4) is 0 Å². The van der Waals surface area contributed by atoms with Gasteiger partial charge in [-0.3, -0.25) is 4.79 Å². The number of carbonyl (C=O) groups is 1. The van der Waals surface area contributed by atoms with Crippen molar-refractivity contribution in [2.24, 2.45) is 5.92 Å². The quantitative estimate of drug-likeness (QED) is 0.859. The van der Waals surface area contributed by atoms with Gasteiger partial charge in [-0.1, -0.05) is 6.92 Å². The molecule has 1 aromatic heterocycles. The van der Waals surface area contributed by atoms with Crippen molar-refractivity contribution in [2.45, 2.75) is 26.3 Å². The van der Waals surface area contributed by atoms with Crippen LogP contribution in [0.4, 0.5) is 5.82 Å². The van der Waals surface area contributed by atoms with Gasteiger partial charge >= 0.3 is 5.97 Å². The van der Waals surface area contributed by atoms with Crippen molar-refractivity contribution in [1.29, 1.82) is 0 Å². The largest absolute Gasteiger partial charge is 0.481 e. The zero-order valence-electron chi connectivity index (χ0n) is 11.2. The molecule has 0 amide bonds. The van der Waals surface area contributed by atoms with Crippen LogP contribution >= 0.6 is 0 Å². The molecule has 0 aromatic carbocycles. The number of aryl methyl sites for hydroxylation is 1. The molecule has 2 heterocycles. The van der Waals surface area contributed by atoms with Crippen molar-refractivity contribution in [1.82, 2.24) is 9.97 Å². The van der Waals surface area contributed by atoms with Crippen LogP contribution in [0.2, 0.25) is 0 Å².